The van der Waals surface area contributed by atoms with E-state index in [-0.39, 0.29) is 11.0 Å². The monoisotopic (exact) mass is 371 g/mol. The number of rotatable bonds is 3. The molecule has 1 heterocycles. The first-order chi connectivity index (χ1) is 12.1. The normalized spacial score (nSPS) is 10.3. The molecule has 0 saturated carbocycles. The van der Waals surface area contributed by atoms with E-state index >= 15 is 0 Å². The lowest BCUT2D eigenvalue weighted by atomic mass is 10.1. The van der Waals surface area contributed by atoms with E-state index in [1.165, 1.54) is 13.3 Å². The summed E-state index contributed by atoms with van der Waals surface area (Å²) >= 11 is 11.0. The first-order valence-electron chi connectivity index (χ1n) is 7.37. The van der Waals surface area contributed by atoms with Gasteiger partial charge in [0.05, 0.1) is 17.7 Å². The molecular formula is C18H14ClN3O2S. The Morgan fingerprint density at radius 3 is 2.52 bits per heavy atom. The van der Waals surface area contributed by atoms with Gasteiger partial charge in [-0.1, -0.05) is 35.9 Å². The maximum atomic E-state index is 12.6. The van der Waals surface area contributed by atoms with Gasteiger partial charge in [0.25, 0.3) is 5.91 Å². The van der Waals surface area contributed by atoms with Gasteiger partial charge in [0.2, 0.25) is 0 Å². The average molecular weight is 372 g/mol. The van der Waals surface area contributed by atoms with E-state index in [1.807, 2.05) is 30.3 Å². The van der Waals surface area contributed by atoms with Crippen LogP contribution in [0.3, 0.4) is 0 Å². The number of pyridine rings is 1. The van der Waals surface area contributed by atoms with Crippen LogP contribution in [0.25, 0.3) is 10.8 Å². The second kappa shape index (κ2) is 7.46. The molecule has 0 aliphatic heterocycles. The third-order valence-corrected chi connectivity index (χ3v) is 3.94. The molecule has 126 valence electrons. The standard InChI is InChI=1S/C18H14ClN3O2S/c1-24-15-9-12-5-3-2-4-11(12)8-14(15)17(23)22-18(25)21-16-7-6-13(19)10-20-16/h2-10H,1H3,(H2,20,21,22,23,25). The number of methoxy groups -OCH3 is 1. The second-order valence-electron chi connectivity index (χ2n) is 5.17. The Labute approximate surface area is 155 Å². The molecule has 0 radical (unpaired) electrons. The fourth-order valence-corrected chi connectivity index (χ4v) is 2.64. The van der Waals surface area contributed by atoms with Crippen molar-refractivity contribution in [1.29, 1.82) is 0 Å². The second-order valence-corrected chi connectivity index (χ2v) is 6.01. The predicted octanol–water partition coefficient (Wildman–Crippen LogP) is 4.02. The topological polar surface area (TPSA) is 63.2 Å². The number of anilines is 1. The Bertz CT molecular complexity index is 945. The van der Waals surface area contributed by atoms with Crippen molar-refractivity contribution in [3.8, 4) is 5.75 Å². The molecular weight excluding hydrogens is 358 g/mol. The van der Waals surface area contributed by atoms with Crippen molar-refractivity contribution in [3.63, 3.8) is 0 Å². The van der Waals surface area contributed by atoms with Crippen molar-refractivity contribution >= 4 is 51.4 Å². The van der Waals surface area contributed by atoms with Gasteiger partial charge in [0.15, 0.2) is 5.11 Å². The summed E-state index contributed by atoms with van der Waals surface area (Å²) in [6.07, 6.45) is 1.49. The lowest BCUT2D eigenvalue weighted by Crippen LogP contribution is -2.34. The van der Waals surface area contributed by atoms with Crippen molar-refractivity contribution in [2.45, 2.75) is 0 Å². The summed E-state index contributed by atoms with van der Waals surface area (Å²) in [6.45, 7) is 0. The third kappa shape index (κ3) is 4.04. The number of ether oxygens (including phenoxy) is 1. The fourth-order valence-electron chi connectivity index (χ4n) is 2.33. The zero-order valence-electron chi connectivity index (χ0n) is 13.2. The van der Waals surface area contributed by atoms with Crippen LogP contribution in [0.15, 0.2) is 54.7 Å². The number of halogens is 1. The molecule has 1 amide bonds. The molecule has 3 rings (SSSR count). The van der Waals surface area contributed by atoms with Gasteiger partial charge in [-0.15, -0.1) is 0 Å². The average Bonchev–Trinajstić information content (AvgIpc) is 2.62. The van der Waals surface area contributed by atoms with Crippen LogP contribution in [0.4, 0.5) is 5.82 Å². The number of hydrogen-bond donors (Lipinski definition) is 2. The van der Waals surface area contributed by atoms with Crippen molar-refractivity contribution in [2.24, 2.45) is 0 Å². The molecule has 7 heteroatoms. The number of carbonyl (C=O) groups is 1. The highest BCUT2D eigenvalue weighted by atomic mass is 35.5. The highest BCUT2D eigenvalue weighted by Gasteiger charge is 2.15. The van der Waals surface area contributed by atoms with Gasteiger partial charge in [-0.25, -0.2) is 4.98 Å². The molecule has 0 aliphatic carbocycles. The van der Waals surface area contributed by atoms with Gasteiger partial charge in [0.1, 0.15) is 11.6 Å². The minimum Gasteiger partial charge on any atom is -0.496 e. The summed E-state index contributed by atoms with van der Waals surface area (Å²) in [5.41, 5.74) is 0.398. The molecule has 0 atom stereocenters. The summed E-state index contributed by atoms with van der Waals surface area (Å²) in [4.78, 5) is 16.6. The molecule has 0 aliphatic rings. The first kappa shape index (κ1) is 17.1. The summed E-state index contributed by atoms with van der Waals surface area (Å²) in [7, 11) is 1.52. The minimum absolute atomic E-state index is 0.134. The molecule has 0 saturated heterocycles. The van der Waals surface area contributed by atoms with Crippen LogP contribution in [-0.4, -0.2) is 23.1 Å². The molecule has 0 bridgehead atoms. The number of hydrogen-bond acceptors (Lipinski definition) is 4. The van der Waals surface area contributed by atoms with Crippen molar-refractivity contribution < 1.29 is 9.53 Å². The van der Waals surface area contributed by atoms with Crippen molar-refractivity contribution in [3.05, 3.63) is 65.3 Å². The molecule has 0 fully saturated rings. The molecule has 5 nitrogen and oxygen atoms in total. The van der Waals surface area contributed by atoms with E-state index in [1.54, 1.807) is 18.2 Å². The van der Waals surface area contributed by atoms with Gasteiger partial charge in [0, 0.05) is 6.20 Å². The lowest BCUT2D eigenvalue weighted by molar-refractivity contribution is 0.0975. The predicted molar refractivity (Wildman–Crippen MR) is 103 cm³/mol. The van der Waals surface area contributed by atoms with Gasteiger partial charge in [-0.3, -0.25) is 10.1 Å². The molecule has 3 aromatic rings. The van der Waals surface area contributed by atoms with E-state index < -0.39 is 0 Å². The number of nitrogens with one attached hydrogen (secondary N) is 2. The summed E-state index contributed by atoms with van der Waals surface area (Å²) in [5, 5.41) is 8.03. The van der Waals surface area contributed by atoms with Crippen LogP contribution in [0.1, 0.15) is 10.4 Å². The van der Waals surface area contributed by atoms with Crippen LogP contribution in [0.5, 0.6) is 5.75 Å². The number of thiocarbonyl (C=S) groups is 1. The summed E-state index contributed by atoms with van der Waals surface area (Å²) in [5.74, 6) is 0.595. The van der Waals surface area contributed by atoms with Gasteiger partial charge >= 0.3 is 0 Å². The van der Waals surface area contributed by atoms with Crippen LogP contribution < -0.4 is 15.4 Å². The van der Waals surface area contributed by atoms with Crippen LogP contribution in [0.2, 0.25) is 5.02 Å². The molecule has 25 heavy (non-hydrogen) atoms. The van der Waals surface area contributed by atoms with E-state index in [4.69, 9.17) is 28.6 Å². The van der Waals surface area contributed by atoms with Gasteiger partial charge in [-0.05, 0) is 47.3 Å². The van der Waals surface area contributed by atoms with E-state index in [0.29, 0.717) is 22.2 Å². The lowest BCUT2D eigenvalue weighted by Gasteiger charge is -2.12. The Balaban J connectivity index is 1.79. The zero-order chi connectivity index (χ0) is 17.8. The Morgan fingerprint density at radius 1 is 1.16 bits per heavy atom. The summed E-state index contributed by atoms with van der Waals surface area (Å²) < 4.78 is 5.34. The number of carbonyl (C=O) groups excluding carboxylic acids is 1. The smallest absolute Gasteiger partial charge is 0.261 e. The van der Waals surface area contributed by atoms with E-state index in [9.17, 15) is 4.79 Å². The highest BCUT2D eigenvalue weighted by molar-refractivity contribution is 7.80. The molecule has 2 aromatic carbocycles. The Morgan fingerprint density at radius 2 is 1.88 bits per heavy atom. The molecule has 2 N–H and O–H groups in total. The number of benzene rings is 2. The van der Waals surface area contributed by atoms with Crippen LogP contribution >= 0.6 is 23.8 Å². The number of aromatic nitrogens is 1. The van der Waals surface area contributed by atoms with Crippen LogP contribution in [-0.2, 0) is 0 Å². The number of nitrogens with zero attached hydrogens (tertiary/aromatic N) is 1. The number of fused-ring (bicyclic) bond motifs is 1. The SMILES string of the molecule is COc1cc2ccccc2cc1C(=O)NC(=S)Nc1ccc(Cl)cn1. The maximum Gasteiger partial charge on any atom is 0.261 e. The Kier molecular flexibility index (Phi) is 5.11. The quantitative estimate of drug-likeness (QED) is 0.681. The van der Waals surface area contributed by atoms with Crippen molar-refractivity contribution in [2.75, 3.05) is 12.4 Å². The van der Waals surface area contributed by atoms with Crippen molar-refractivity contribution in [1.82, 2.24) is 10.3 Å². The Hall–Kier alpha value is -2.70. The number of amides is 1. The molecule has 0 spiro atoms. The van der Waals surface area contributed by atoms with E-state index in [2.05, 4.69) is 15.6 Å². The van der Waals surface area contributed by atoms with E-state index in [0.717, 1.165) is 10.8 Å². The minimum atomic E-state index is -0.367. The molecule has 1 aromatic heterocycles. The summed E-state index contributed by atoms with van der Waals surface area (Å²) in [6, 6.07) is 14.7. The maximum absolute atomic E-state index is 12.6. The first-order valence-corrected chi connectivity index (χ1v) is 8.16. The molecule has 0 unspecified atom stereocenters. The third-order valence-electron chi connectivity index (χ3n) is 3.51. The van der Waals surface area contributed by atoms with Gasteiger partial charge < -0.3 is 10.1 Å². The van der Waals surface area contributed by atoms with Gasteiger partial charge in [-0.2, -0.15) is 0 Å². The van der Waals surface area contributed by atoms with Crippen LogP contribution in [0, 0.1) is 0 Å². The highest BCUT2D eigenvalue weighted by Crippen LogP contribution is 2.25. The zero-order valence-corrected chi connectivity index (χ0v) is 14.8. The largest absolute Gasteiger partial charge is 0.496 e. The fraction of sp³-hybridized carbons (Fsp3) is 0.0556.